The van der Waals surface area contributed by atoms with Crippen molar-refractivity contribution >= 4 is 22.5 Å². The number of likely N-dealkylation sites (N-methyl/N-ethyl adjacent to an activating group) is 1. The number of benzene rings is 1. The highest BCUT2D eigenvalue weighted by Crippen LogP contribution is 2.20. The highest BCUT2D eigenvalue weighted by molar-refractivity contribution is 6.28. The Hall–Kier alpha value is -1.26. The van der Waals surface area contributed by atoms with Gasteiger partial charge < -0.3 is 5.32 Å². The van der Waals surface area contributed by atoms with Gasteiger partial charge in [0.05, 0.1) is 5.69 Å². The lowest BCUT2D eigenvalue weighted by atomic mass is 10.1. The van der Waals surface area contributed by atoms with Crippen molar-refractivity contribution in [3.05, 3.63) is 35.0 Å². The third-order valence-corrected chi connectivity index (χ3v) is 2.51. The fourth-order valence-electron chi connectivity index (χ4n) is 1.58. The fraction of sp³-hybridized carbons (Fsp3) is 0.273. The Kier molecular flexibility index (Phi) is 3.31. The van der Waals surface area contributed by atoms with Crippen LogP contribution in [0.15, 0.2) is 18.2 Å². The molecule has 0 saturated heterocycles. The number of nitrogens with zero attached hydrogens (tertiary/aromatic N) is 2. The number of hydrogen-bond acceptors (Lipinski definition) is 3. The molecule has 16 heavy (non-hydrogen) atoms. The predicted octanol–water partition coefficient (Wildman–Crippen LogP) is 2.18. The SMILES string of the molecule is CNCCc1nc(Cl)nc2c(F)cccc12. The van der Waals surface area contributed by atoms with Gasteiger partial charge in [0.25, 0.3) is 0 Å². The number of nitrogens with one attached hydrogen (secondary N) is 1. The first-order chi connectivity index (χ1) is 7.72. The molecule has 2 rings (SSSR count). The van der Waals surface area contributed by atoms with E-state index >= 15 is 0 Å². The summed E-state index contributed by atoms with van der Waals surface area (Å²) >= 11 is 5.77. The van der Waals surface area contributed by atoms with E-state index in [-0.39, 0.29) is 16.6 Å². The van der Waals surface area contributed by atoms with Gasteiger partial charge in [-0.1, -0.05) is 12.1 Å². The van der Waals surface area contributed by atoms with Gasteiger partial charge in [-0.05, 0) is 24.7 Å². The van der Waals surface area contributed by atoms with Gasteiger partial charge in [-0.25, -0.2) is 14.4 Å². The van der Waals surface area contributed by atoms with Gasteiger partial charge in [0.2, 0.25) is 5.28 Å². The molecule has 0 amide bonds. The minimum absolute atomic E-state index is 0.0868. The maximum absolute atomic E-state index is 13.5. The second kappa shape index (κ2) is 4.72. The number of halogens is 2. The lowest BCUT2D eigenvalue weighted by Gasteiger charge is -2.06. The summed E-state index contributed by atoms with van der Waals surface area (Å²) in [7, 11) is 1.85. The average molecular weight is 240 g/mol. The molecule has 0 unspecified atom stereocenters. The van der Waals surface area contributed by atoms with Crippen LogP contribution in [0.5, 0.6) is 0 Å². The van der Waals surface area contributed by atoms with Crippen LogP contribution in [-0.2, 0) is 6.42 Å². The lowest BCUT2D eigenvalue weighted by Crippen LogP contribution is -2.12. The van der Waals surface area contributed by atoms with Crippen molar-refractivity contribution < 1.29 is 4.39 Å². The van der Waals surface area contributed by atoms with Crippen LogP contribution in [0.1, 0.15) is 5.69 Å². The van der Waals surface area contributed by atoms with Crippen molar-refractivity contribution in [2.45, 2.75) is 6.42 Å². The third-order valence-electron chi connectivity index (χ3n) is 2.34. The van der Waals surface area contributed by atoms with E-state index in [1.54, 1.807) is 12.1 Å². The van der Waals surface area contributed by atoms with Crippen LogP contribution in [0.2, 0.25) is 5.28 Å². The molecule has 0 aliphatic carbocycles. The van der Waals surface area contributed by atoms with E-state index in [2.05, 4.69) is 15.3 Å². The van der Waals surface area contributed by atoms with Crippen LogP contribution in [0.25, 0.3) is 10.9 Å². The highest BCUT2D eigenvalue weighted by Gasteiger charge is 2.09. The summed E-state index contributed by atoms with van der Waals surface area (Å²) in [5.74, 6) is -0.368. The molecule has 0 atom stereocenters. The summed E-state index contributed by atoms with van der Waals surface area (Å²) in [6.45, 7) is 0.763. The van der Waals surface area contributed by atoms with Crippen molar-refractivity contribution in [2.75, 3.05) is 13.6 Å². The van der Waals surface area contributed by atoms with Gasteiger partial charge in [0.1, 0.15) is 11.3 Å². The van der Waals surface area contributed by atoms with Gasteiger partial charge in [0.15, 0.2) is 0 Å². The number of rotatable bonds is 3. The highest BCUT2D eigenvalue weighted by atomic mass is 35.5. The molecule has 1 aromatic carbocycles. The Morgan fingerprint density at radius 1 is 1.38 bits per heavy atom. The second-order valence-electron chi connectivity index (χ2n) is 3.43. The fourth-order valence-corrected chi connectivity index (χ4v) is 1.77. The molecule has 1 N–H and O–H groups in total. The van der Waals surface area contributed by atoms with E-state index in [4.69, 9.17) is 11.6 Å². The summed E-state index contributed by atoms with van der Waals surface area (Å²) in [4.78, 5) is 8.03. The maximum Gasteiger partial charge on any atom is 0.223 e. The molecule has 0 aliphatic rings. The molecule has 0 spiro atoms. The zero-order valence-electron chi connectivity index (χ0n) is 8.80. The average Bonchev–Trinajstić information content (AvgIpc) is 2.27. The Balaban J connectivity index is 2.59. The molecular formula is C11H11ClFN3. The molecule has 1 heterocycles. The van der Waals surface area contributed by atoms with E-state index in [0.717, 1.165) is 17.6 Å². The Morgan fingerprint density at radius 3 is 2.94 bits per heavy atom. The molecule has 0 saturated carbocycles. The van der Waals surface area contributed by atoms with E-state index in [1.807, 2.05) is 7.05 Å². The summed E-state index contributed by atoms with van der Waals surface area (Å²) in [6, 6.07) is 4.82. The zero-order valence-corrected chi connectivity index (χ0v) is 9.55. The zero-order chi connectivity index (χ0) is 11.5. The van der Waals surface area contributed by atoms with Crippen LogP contribution in [0.3, 0.4) is 0 Å². The van der Waals surface area contributed by atoms with Crippen LogP contribution in [0, 0.1) is 5.82 Å². The first-order valence-electron chi connectivity index (χ1n) is 4.97. The van der Waals surface area contributed by atoms with Crippen LogP contribution in [0.4, 0.5) is 4.39 Å². The first-order valence-corrected chi connectivity index (χ1v) is 5.35. The third kappa shape index (κ3) is 2.13. The first kappa shape index (κ1) is 11.2. The Labute approximate surface area is 97.7 Å². The van der Waals surface area contributed by atoms with Gasteiger partial charge in [-0.3, -0.25) is 0 Å². The predicted molar refractivity (Wildman–Crippen MR) is 62.1 cm³/mol. The van der Waals surface area contributed by atoms with Crippen molar-refractivity contribution in [3.63, 3.8) is 0 Å². The number of para-hydroxylation sites is 1. The topological polar surface area (TPSA) is 37.8 Å². The molecule has 1 aromatic heterocycles. The van der Waals surface area contributed by atoms with E-state index in [0.29, 0.717) is 6.42 Å². The largest absolute Gasteiger partial charge is 0.319 e. The van der Waals surface area contributed by atoms with Crippen LogP contribution >= 0.6 is 11.6 Å². The van der Waals surface area contributed by atoms with Crippen molar-refractivity contribution in [1.82, 2.24) is 15.3 Å². The molecule has 0 fully saturated rings. The molecule has 2 aromatic rings. The van der Waals surface area contributed by atoms with Crippen LogP contribution in [-0.4, -0.2) is 23.6 Å². The monoisotopic (exact) mass is 239 g/mol. The lowest BCUT2D eigenvalue weighted by molar-refractivity contribution is 0.636. The summed E-state index contributed by atoms with van der Waals surface area (Å²) in [5, 5.41) is 3.83. The van der Waals surface area contributed by atoms with Crippen molar-refractivity contribution in [1.29, 1.82) is 0 Å². The second-order valence-corrected chi connectivity index (χ2v) is 3.77. The molecule has 3 nitrogen and oxygen atoms in total. The molecule has 5 heteroatoms. The smallest absolute Gasteiger partial charge is 0.223 e. The van der Waals surface area contributed by atoms with E-state index in [9.17, 15) is 4.39 Å². The number of hydrogen-bond donors (Lipinski definition) is 1. The van der Waals surface area contributed by atoms with Crippen molar-refractivity contribution in [2.24, 2.45) is 0 Å². The standard InChI is InChI=1S/C11H11ClFN3/c1-14-6-5-9-7-3-2-4-8(13)10(7)16-11(12)15-9/h2-4,14H,5-6H2,1H3. The minimum Gasteiger partial charge on any atom is -0.319 e. The van der Waals surface area contributed by atoms with Gasteiger partial charge in [0, 0.05) is 18.4 Å². The molecule has 0 bridgehead atoms. The summed E-state index contributed by atoms with van der Waals surface area (Å²) < 4.78 is 13.5. The molecular weight excluding hydrogens is 229 g/mol. The summed E-state index contributed by atoms with van der Waals surface area (Å²) in [5.41, 5.74) is 1.05. The number of aromatic nitrogens is 2. The number of fused-ring (bicyclic) bond motifs is 1. The van der Waals surface area contributed by atoms with Gasteiger partial charge in [-0.2, -0.15) is 0 Å². The van der Waals surface area contributed by atoms with E-state index in [1.165, 1.54) is 6.07 Å². The minimum atomic E-state index is -0.368. The Morgan fingerprint density at radius 2 is 2.19 bits per heavy atom. The normalized spacial score (nSPS) is 10.9. The van der Waals surface area contributed by atoms with Crippen molar-refractivity contribution in [3.8, 4) is 0 Å². The van der Waals surface area contributed by atoms with Gasteiger partial charge in [-0.15, -0.1) is 0 Å². The molecule has 84 valence electrons. The summed E-state index contributed by atoms with van der Waals surface area (Å²) in [6.07, 6.45) is 0.693. The maximum atomic E-state index is 13.5. The van der Waals surface area contributed by atoms with Gasteiger partial charge >= 0.3 is 0 Å². The quantitative estimate of drug-likeness (QED) is 0.835. The van der Waals surface area contributed by atoms with E-state index < -0.39 is 0 Å². The van der Waals surface area contributed by atoms with Crippen LogP contribution < -0.4 is 5.32 Å². The molecule has 0 radical (unpaired) electrons. The Bertz CT molecular complexity index is 516. The molecule has 0 aliphatic heterocycles.